The number of piperidine rings is 1. The van der Waals surface area contributed by atoms with Crippen molar-refractivity contribution in [3.05, 3.63) is 35.4 Å². The molecular weight excluding hydrogens is 317 g/mol. The highest BCUT2D eigenvalue weighted by Crippen LogP contribution is 2.50. The minimum atomic E-state index is -4.40. The zero-order chi connectivity index (χ0) is 17.5. The lowest BCUT2D eigenvalue weighted by Gasteiger charge is -2.42. The smallest absolute Gasteiger partial charge is 0.355 e. The monoisotopic (exact) mass is 340 g/mol. The molecule has 0 aliphatic carbocycles. The molecule has 1 amide bonds. The fraction of sp³-hybridized carbons (Fsp3) is 0.611. The number of likely N-dealkylation sites (tertiary alicyclic amines) is 1. The van der Waals surface area contributed by atoms with E-state index in [1.54, 1.807) is 6.07 Å². The number of amides is 1. The van der Waals surface area contributed by atoms with Crippen molar-refractivity contribution in [1.82, 2.24) is 10.2 Å². The van der Waals surface area contributed by atoms with Gasteiger partial charge in [0, 0.05) is 18.5 Å². The van der Waals surface area contributed by atoms with Crippen LogP contribution in [0.5, 0.6) is 0 Å². The summed E-state index contributed by atoms with van der Waals surface area (Å²) in [5.41, 5.74) is -1.08. The molecule has 1 N–H and O–H groups in total. The number of hydrogen-bond donors (Lipinski definition) is 1. The number of carbonyl (C=O) groups excluding carboxylic acids is 1. The van der Waals surface area contributed by atoms with Crippen molar-refractivity contribution in [1.29, 1.82) is 0 Å². The number of hydrogen-bond acceptors (Lipinski definition) is 2. The first-order valence-corrected chi connectivity index (χ1v) is 8.44. The molecular formula is C18H23F3N2O. The van der Waals surface area contributed by atoms with E-state index in [2.05, 4.69) is 24.1 Å². The highest BCUT2D eigenvalue weighted by atomic mass is 19.4. The van der Waals surface area contributed by atoms with Crippen LogP contribution in [0, 0.1) is 5.41 Å². The number of nitrogens with one attached hydrogen (secondary N) is 1. The van der Waals surface area contributed by atoms with Gasteiger partial charge in [-0.15, -0.1) is 0 Å². The highest BCUT2D eigenvalue weighted by Gasteiger charge is 2.53. The van der Waals surface area contributed by atoms with Gasteiger partial charge in [-0.05, 0) is 51.4 Å². The summed E-state index contributed by atoms with van der Waals surface area (Å²) in [5, 5.41) is 2.83. The summed E-state index contributed by atoms with van der Waals surface area (Å²) in [6.07, 6.45) is -3.19. The molecule has 1 unspecified atom stereocenters. The van der Waals surface area contributed by atoms with E-state index in [0.717, 1.165) is 19.2 Å². The predicted molar refractivity (Wildman–Crippen MR) is 85.6 cm³/mol. The van der Waals surface area contributed by atoms with Gasteiger partial charge in [-0.25, -0.2) is 0 Å². The molecule has 0 bridgehead atoms. The van der Waals surface area contributed by atoms with Crippen molar-refractivity contribution in [2.45, 2.75) is 44.8 Å². The van der Waals surface area contributed by atoms with E-state index in [1.165, 1.54) is 12.1 Å². The molecule has 2 fully saturated rings. The van der Waals surface area contributed by atoms with E-state index in [0.29, 0.717) is 18.9 Å². The normalized spacial score (nSPS) is 24.6. The quantitative estimate of drug-likeness (QED) is 0.895. The standard InChI is InChI=1S/C18H23F3N2O/c1-12(2)23-9-7-17(8-10-23)15(11-22-16(17)24)13-5-3-4-6-14(13)18(19,20)21/h3-6,12,15H,7-11H2,1-2H3,(H,22,24). The van der Waals surface area contributed by atoms with E-state index in [4.69, 9.17) is 0 Å². The Morgan fingerprint density at radius 1 is 1.21 bits per heavy atom. The van der Waals surface area contributed by atoms with Crippen LogP contribution in [0.4, 0.5) is 13.2 Å². The topological polar surface area (TPSA) is 32.3 Å². The Morgan fingerprint density at radius 3 is 2.42 bits per heavy atom. The second-order valence-corrected chi connectivity index (χ2v) is 7.13. The van der Waals surface area contributed by atoms with Crippen LogP contribution in [0.15, 0.2) is 24.3 Å². The summed E-state index contributed by atoms with van der Waals surface area (Å²) in [4.78, 5) is 14.8. The molecule has 3 rings (SSSR count). The number of halogens is 3. The third-order valence-corrected chi connectivity index (χ3v) is 5.65. The van der Waals surface area contributed by atoms with Crippen molar-refractivity contribution in [3.8, 4) is 0 Å². The number of benzene rings is 1. The van der Waals surface area contributed by atoms with Gasteiger partial charge in [0.05, 0.1) is 11.0 Å². The SMILES string of the molecule is CC(C)N1CCC2(CC1)C(=O)NCC2c1ccccc1C(F)(F)F. The summed E-state index contributed by atoms with van der Waals surface area (Å²) in [6.45, 7) is 5.98. The molecule has 1 atom stereocenters. The molecule has 1 aromatic carbocycles. The number of alkyl halides is 3. The Hall–Kier alpha value is -1.56. The van der Waals surface area contributed by atoms with Gasteiger partial charge in [-0.1, -0.05) is 18.2 Å². The van der Waals surface area contributed by atoms with Crippen LogP contribution in [0.1, 0.15) is 43.7 Å². The fourth-order valence-electron chi connectivity index (χ4n) is 4.21. The zero-order valence-corrected chi connectivity index (χ0v) is 14.0. The summed E-state index contributed by atoms with van der Waals surface area (Å²) >= 11 is 0. The minimum Gasteiger partial charge on any atom is -0.355 e. The minimum absolute atomic E-state index is 0.0899. The van der Waals surface area contributed by atoms with Crippen LogP contribution < -0.4 is 5.32 Å². The van der Waals surface area contributed by atoms with Crippen molar-refractivity contribution in [2.24, 2.45) is 5.41 Å². The van der Waals surface area contributed by atoms with Crippen molar-refractivity contribution in [3.63, 3.8) is 0 Å². The van der Waals surface area contributed by atoms with Crippen LogP contribution in [-0.2, 0) is 11.0 Å². The molecule has 0 radical (unpaired) electrons. The van der Waals surface area contributed by atoms with Gasteiger partial charge >= 0.3 is 6.18 Å². The van der Waals surface area contributed by atoms with Crippen molar-refractivity contribution >= 4 is 5.91 Å². The summed E-state index contributed by atoms with van der Waals surface area (Å²) in [5.74, 6) is -0.509. The number of nitrogens with zero attached hydrogens (tertiary/aromatic N) is 1. The van der Waals surface area contributed by atoms with Gasteiger partial charge in [0.1, 0.15) is 0 Å². The Kier molecular flexibility index (Phi) is 4.36. The maximum atomic E-state index is 13.4. The van der Waals surface area contributed by atoms with Gasteiger partial charge in [0.15, 0.2) is 0 Å². The third kappa shape index (κ3) is 2.81. The second kappa shape index (κ2) is 6.06. The van der Waals surface area contributed by atoms with Gasteiger partial charge in [0.25, 0.3) is 0 Å². The second-order valence-electron chi connectivity index (χ2n) is 7.13. The highest BCUT2D eigenvalue weighted by molar-refractivity contribution is 5.86. The van der Waals surface area contributed by atoms with Crippen LogP contribution in [0.25, 0.3) is 0 Å². The Bertz CT molecular complexity index is 619. The molecule has 1 aromatic rings. The maximum absolute atomic E-state index is 13.4. The Labute approximate surface area is 140 Å². The van der Waals surface area contributed by atoms with Gasteiger partial charge in [-0.2, -0.15) is 13.2 Å². The molecule has 2 heterocycles. The average Bonchev–Trinajstić information content (AvgIpc) is 2.84. The van der Waals surface area contributed by atoms with Crippen LogP contribution >= 0.6 is 0 Å². The predicted octanol–water partition coefficient (Wildman–Crippen LogP) is 3.41. The van der Waals surface area contributed by atoms with Gasteiger partial charge in [0.2, 0.25) is 5.91 Å². The van der Waals surface area contributed by atoms with E-state index >= 15 is 0 Å². The van der Waals surface area contributed by atoms with E-state index < -0.39 is 23.1 Å². The van der Waals surface area contributed by atoms with Crippen LogP contribution in [0.2, 0.25) is 0 Å². The van der Waals surface area contributed by atoms with Crippen molar-refractivity contribution in [2.75, 3.05) is 19.6 Å². The van der Waals surface area contributed by atoms with Gasteiger partial charge in [-0.3, -0.25) is 4.79 Å². The average molecular weight is 340 g/mol. The largest absolute Gasteiger partial charge is 0.416 e. The fourth-order valence-corrected chi connectivity index (χ4v) is 4.21. The zero-order valence-electron chi connectivity index (χ0n) is 14.0. The molecule has 0 aromatic heterocycles. The number of rotatable bonds is 2. The first-order chi connectivity index (χ1) is 11.3. The lowest BCUT2D eigenvalue weighted by molar-refractivity contribution is -0.139. The molecule has 2 saturated heterocycles. The van der Waals surface area contributed by atoms with E-state index in [-0.39, 0.29) is 18.0 Å². The molecule has 2 aliphatic rings. The first-order valence-electron chi connectivity index (χ1n) is 8.44. The van der Waals surface area contributed by atoms with Crippen LogP contribution in [-0.4, -0.2) is 36.5 Å². The third-order valence-electron chi connectivity index (χ3n) is 5.65. The van der Waals surface area contributed by atoms with E-state index in [9.17, 15) is 18.0 Å². The maximum Gasteiger partial charge on any atom is 0.416 e. The molecule has 2 aliphatic heterocycles. The molecule has 6 heteroatoms. The van der Waals surface area contributed by atoms with Crippen molar-refractivity contribution < 1.29 is 18.0 Å². The molecule has 1 spiro atoms. The Balaban J connectivity index is 1.96. The lowest BCUT2D eigenvalue weighted by atomic mass is 9.67. The molecule has 0 saturated carbocycles. The molecule has 24 heavy (non-hydrogen) atoms. The summed E-state index contributed by atoms with van der Waals surface area (Å²) in [6, 6.07) is 6.07. The molecule has 3 nitrogen and oxygen atoms in total. The Morgan fingerprint density at radius 2 is 1.83 bits per heavy atom. The first kappa shape index (κ1) is 17.3. The summed E-state index contributed by atoms with van der Waals surface area (Å²) < 4.78 is 40.2. The van der Waals surface area contributed by atoms with E-state index in [1.807, 2.05) is 0 Å². The van der Waals surface area contributed by atoms with Gasteiger partial charge < -0.3 is 10.2 Å². The molecule has 132 valence electrons. The van der Waals surface area contributed by atoms with Crippen LogP contribution in [0.3, 0.4) is 0 Å². The lowest BCUT2D eigenvalue weighted by Crippen LogP contribution is -2.48. The number of carbonyl (C=O) groups is 1. The summed E-state index contributed by atoms with van der Waals surface area (Å²) in [7, 11) is 0.